The fourth-order valence-corrected chi connectivity index (χ4v) is 4.55. The number of hydrogen-bond donors (Lipinski definition) is 3. The first kappa shape index (κ1) is 25.0. The molecule has 0 bridgehead atoms. The number of anilines is 1. The Morgan fingerprint density at radius 2 is 1.72 bits per heavy atom. The van der Waals surface area contributed by atoms with Gasteiger partial charge in [0.05, 0.1) is 51.4 Å². The molecule has 11 heteroatoms. The third kappa shape index (κ3) is 5.11. The molecule has 0 aliphatic rings. The maximum absolute atomic E-state index is 12.8. The highest BCUT2D eigenvalue weighted by Crippen LogP contribution is 2.45. The lowest BCUT2D eigenvalue weighted by Gasteiger charge is -2.16. The Bertz CT molecular complexity index is 1310. The Balaban J connectivity index is 1.67. The molecule has 1 atom stereocenters. The van der Waals surface area contributed by atoms with Gasteiger partial charge >= 0.3 is 0 Å². The molecule has 1 amide bonds. The summed E-state index contributed by atoms with van der Waals surface area (Å²) in [6, 6.07) is 8.52. The van der Waals surface area contributed by atoms with E-state index in [0.29, 0.717) is 35.1 Å². The zero-order valence-electron chi connectivity index (χ0n) is 20.3. The van der Waals surface area contributed by atoms with E-state index >= 15 is 0 Å². The number of aromatic nitrogens is 3. The van der Waals surface area contributed by atoms with Gasteiger partial charge in [-0.2, -0.15) is 4.37 Å². The van der Waals surface area contributed by atoms with Gasteiger partial charge in [-0.05, 0) is 41.4 Å². The van der Waals surface area contributed by atoms with E-state index < -0.39 is 6.04 Å². The number of nitrogens with zero attached hydrogens (tertiary/aromatic N) is 2. The Morgan fingerprint density at radius 3 is 2.33 bits per heavy atom. The molecule has 0 saturated carbocycles. The van der Waals surface area contributed by atoms with Crippen molar-refractivity contribution in [3.05, 3.63) is 54.7 Å². The highest BCUT2D eigenvalue weighted by atomic mass is 32.1. The van der Waals surface area contributed by atoms with Crippen LogP contribution in [0.1, 0.15) is 5.69 Å². The number of rotatable bonds is 10. The van der Waals surface area contributed by atoms with Crippen LogP contribution >= 0.6 is 11.5 Å². The van der Waals surface area contributed by atoms with Crippen molar-refractivity contribution in [3.63, 3.8) is 0 Å². The zero-order valence-corrected chi connectivity index (χ0v) is 21.1. The SMILES string of the molecule is COc1ccc(-c2cnsc2-c2cc(OC)c(OC)c(OC)c2)cc1NC(=O)[C@H](N)Cc1cnc[nH]1. The van der Waals surface area contributed by atoms with Crippen LogP contribution in [0.15, 0.2) is 49.1 Å². The van der Waals surface area contributed by atoms with Crippen LogP contribution in [0.5, 0.6) is 23.0 Å². The summed E-state index contributed by atoms with van der Waals surface area (Å²) >= 11 is 1.34. The minimum absolute atomic E-state index is 0.327. The normalized spacial score (nSPS) is 11.6. The van der Waals surface area contributed by atoms with Crippen molar-refractivity contribution in [2.24, 2.45) is 5.73 Å². The van der Waals surface area contributed by atoms with Crippen LogP contribution in [0.4, 0.5) is 5.69 Å². The number of hydrogen-bond acceptors (Lipinski definition) is 9. The minimum atomic E-state index is -0.767. The summed E-state index contributed by atoms with van der Waals surface area (Å²) in [7, 11) is 6.25. The van der Waals surface area contributed by atoms with Crippen LogP contribution in [-0.4, -0.2) is 54.7 Å². The van der Waals surface area contributed by atoms with Crippen molar-refractivity contribution in [2.45, 2.75) is 12.5 Å². The topological polar surface area (TPSA) is 134 Å². The number of carbonyl (C=O) groups excluding carboxylic acids is 1. The maximum Gasteiger partial charge on any atom is 0.241 e. The monoisotopic (exact) mass is 509 g/mol. The number of nitrogens with one attached hydrogen (secondary N) is 2. The van der Waals surface area contributed by atoms with E-state index in [4.69, 9.17) is 24.7 Å². The zero-order chi connectivity index (χ0) is 25.7. The molecule has 4 N–H and O–H groups in total. The second-order valence-electron chi connectivity index (χ2n) is 7.77. The van der Waals surface area contributed by atoms with Crippen molar-refractivity contribution in [2.75, 3.05) is 33.8 Å². The third-order valence-electron chi connectivity index (χ3n) is 5.60. The first-order valence-electron chi connectivity index (χ1n) is 11.0. The molecule has 0 saturated heterocycles. The van der Waals surface area contributed by atoms with Gasteiger partial charge in [0, 0.05) is 35.6 Å². The second-order valence-corrected chi connectivity index (χ2v) is 8.58. The quantitative estimate of drug-likeness (QED) is 0.294. The Kier molecular flexibility index (Phi) is 7.71. The molecule has 0 aliphatic carbocycles. The predicted molar refractivity (Wildman–Crippen MR) is 138 cm³/mol. The number of carbonyl (C=O) groups is 1. The predicted octanol–water partition coefficient (Wildman–Crippen LogP) is 3.74. The molecule has 4 rings (SSSR count). The average Bonchev–Trinajstić information content (AvgIpc) is 3.60. The summed E-state index contributed by atoms with van der Waals surface area (Å²) in [5, 5.41) is 2.89. The first-order valence-corrected chi connectivity index (χ1v) is 11.7. The summed E-state index contributed by atoms with van der Waals surface area (Å²) in [4.78, 5) is 20.6. The van der Waals surface area contributed by atoms with Crippen molar-refractivity contribution >= 4 is 23.1 Å². The average molecular weight is 510 g/mol. The summed E-state index contributed by atoms with van der Waals surface area (Å²) < 4.78 is 26.4. The smallest absolute Gasteiger partial charge is 0.241 e. The number of benzene rings is 2. The van der Waals surface area contributed by atoms with Gasteiger partial charge in [-0.15, -0.1) is 0 Å². The van der Waals surface area contributed by atoms with Gasteiger partial charge in [0.2, 0.25) is 11.7 Å². The minimum Gasteiger partial charge on any atom is -0.495 e. The van der Waals surface area contributed by atoms with Crippen LogP contribution in [0.3, 0.4) is 0 Å². The number of aromatic amines is 1. The maximum atomic E-state index is 12.8. The number of ether oxygens (including phenoxy) is 4. The largest absolute Gasteiger partial charge is 0.495 e. The molecule has 0 radical (unpaired) electrons. The van der Waals surface area contributed by atoms with E-state index in [2.05, 4.69) is 19.7 Å². The molecule has 0 fully saturated rings. The van der Waals surface area contributed by atoms with E-state index in [-0.39, 0.29) is 5.91 Å². The van der Waals surface area contributed by atoms with Gasteiger partial charge in [-0.25, -0.2) is 4.98 Å². The van der Waals surface area contributed by atoms with E-state index in [1.165, 1.54) is 11.5 Å². The van der Waals surface area contributed by atoms with Gasteiger partial charge in [-0.3, -0.25) is 4.79 Å². The third-order valence-corrected chi connectivity index (χ3v) is 6.45. The molecule has 4 aromatic rings. The number of H-pyrrole nitrogens is 1. The molecule has 2 heterocycles. The van der Waals surface area contributed by atoms with Crippen molar-refractivity contribution in [1.29, 1.82) is 0 Å². The van der Waals surface area contributed by atoms with E-state index in [1.54, 1.807) is 53.2 Å². The Hall–Kier alpha value is -4.09. The lowest BCUT2D eigenvalue weighted by molar-refractivity contribution is -0.117. The molecule has 0 unspecified atom stereocenters. The molecule has 2 aromatic carbocycles. The van der Waals surface area contributed by atoms with Crippen molar-refractivity contribution < 1.29 is 23.7 Å². The molecule has 36 heavy (non-hydrogen) atoms. The molecule has 2 aromatic heterocycles. The Morgan fingerprint density at radius 1 is 1.00 bits per heavy atom. The summed E-state index contributed by atoms with van der Waals surface area (Å²) in [6.45, 7) is 0. The number of methoxy groups -OCH3 is 4. The number of amides is 1. The van der Waals surface area contributed by atoms with Crippen molar-refractivity contribution in [1.82, 2.24) is 14.3 Å². The standard InChI is InChI=1S/C25H27N5O5S/c1-32-20-6-5-14(7-19(20)30-25(31)18(26)10-16-11-27-13-28-16)17-12-29-36-24(17)15-8-21(33-2)23(35-4)22(9-15)34-3/h5-9,11-13,18H,10,26H2,1-4H3,(H,27,28)(H,30,31)/t18-/m1/s1. The first-order chi connectivity index (χ1) is 17.5. The fourth-order valence-electron chi connectivity index (χ4n) is 3.79. The molecule has 0 spiro atoms. The fraction of sp³-hybridized carbons (Fsp3) is 0.240. The summed E-state index contributed by atoms with van der Waals surface area (Å²) in [5.41, 5.74) is 9.95. The highest BCUT2D eigenvalue weighted by Gasteiger charge is 2.20. The van der Waals surface area contributed by atoms with E-state index in [0.717, 1.165) is 27.3 Å². The molecule has 10 nitrogen and oxygen atoms in total. The number of nitrogens with two attached hydrogens (primary N) is 1. The summed E-state index contributed by atoms with van der Waals surface area (Å²) in [5.74, 6) is 1.77. The van der Waals surface area contributed by atoms with Crippen molar-refractivity contribution in [3.8, 4) is 44.6 Å². The molecule has 0 aliphatic heterocycles. The van der Waals surface area contributed by atoms with Crippen LogP contribution in [0, 0.1) is 0 Å². The molecular weight excluding hydrogens is 482 g/mol. The summed E-state index contributed by atoms with van der Waals surface area (Å²) in [6.07, 6.45) is 5.30. The lowest BCUT2D eigenvalue weighted by atomic mass is 10.0. The highest BCUT2D eigenvalue weighted by molar-refractivity contribution is 7.10. The van der Waals surface area contributed by atoms with Gasteiger partial charge < -0.3 is 35.0 Å². The molecule has 188 valence electrons. The number of imidazole rings is 1. The molecular formula is C25H27N5O5S. The van der Waals surface area contributed by atoms with Gasteiger partial charge in [0.1, 0.15) is 5.75 Å². The second kappa shape index (κ2) is 11.1. The van der Waals surface area contributed by atoms with E-state index in [1.807, 2.05) is 24.3 Å². The van der Waals surface area contributed by atoms with Gasteiger partial charge in [0.15, 0.2) is 11.5 Å². The van der Waals surface area contributed by atoms with E-state index in [9.17, 15) is 4.79 Å². The van der Waals surface area contributed by atoms with Gasteiger partial charge in [-0.1, -0.05) is 6.07 Å². The van der Waals surface area contributed by atoms with Crippen LogP contribution in [0.2, 0.25) is 0 Å². The van der Waals surface area contributed by atoms with Crippen LogP contribution in [-0.2, 0) is 11.2 Å². The lowest BCUT2D eigenvalue weighted by Crippen LogP contribution is -2.37. The van der Waals surface area contributed by atoms with Crippen LogP contribution < -0.4 is 30.0 Å². The van der Waals surface area contributed by atoms with Gasteiger partial charge in [0.25, 0.3) is 0 Å². The Labute approximate surface area is 212 Å². The van der Waals surface area contributed by atoms with Crippen LogP contribution in [0.25, 0.3) is 21.6 Å².